The average Bonchev–Trinajstić information content (AvgIpc) is 3.02. The number of anilines is 1. The number of halogens is 1. The van der Waals surface area contributed by atoms with Crippen LogP contribution in [0, 0.1) is 6.92 Å². The van der Waals surface area contributed by atoms with Crippen LogP contribution in [0.1, 0.15) is 11.1 Å². The molecular formula is C24H17ClN2O2S. The first-order valence-corrected chi connectivity index (χ1v) is 10.5. The summed E-state index contributed by atoms with van der Waals surface area (Å²) in [6.07, 6.45) is 0. The van der Waals surface area contributed by atoms with Gasteiger partial charge in [-0.2, -0.15) is 0 Å². The molecule has 30 heavy (non-hydrogen) atoms. The van der Waals surface area contributed by atoms with E-state index in [9.17, 15) is 9.59 Å². The third-order valence-electron chi connectivity index (χ3n) is 4.51. The molecule has 4 nitrogen and oxygen atoms in total. The number of Topliss-reactive ketones (excluding diaryl/α,β-unsaturated/α-hetero) is 1. The van der Waals surface area contributed by atoms with Gasteiger partial charge >= 0.3 is 0 Å². The lowest BCUT2D eigenvalue weighted by molar-refractivity contribution is -0.128. The Balaban J connectivity index is 1.89. The summed E-state index contributed by atoms with van der Waals surface area (Å²) in [7, 11) is 0. The summed E-state index contributed by atoms with van der Waals surface area (Å²) in [4.78, 5) is 29.8. The molecule has 148 valence electrons. The normalized spacial score (nSPS) is 16.8. The van der Waals surface area contributed by atoms with Crippen molar-refractivity contribution in [3.05, 3.63) is 101 Å². The highest BCUT2D eigenvalue weighted by atomic mass is 35.5. The Morgan fingerprint density at radius 3 is 2.23 bits per heavy atom. The molecule has 1 aliphatic heterocycles. The number of para-hydroxylation sites is 1. The molecule has 1 N–H and O–H groups in total. The highest BCUT2D eigenvalue weighted by Gasteiger charge is 2.37. The van der Waals surface area contributed by atoms with Crippen LogP contribution < -0.4 is 5.32 Å². The van der Waals surface area contributed by atoms with Gasteiger partial charge in [0.2, 0.25) is 5.78 Å². The van der Waals surface area contributed by atoms with Gasteiger partial charge in [0.15, 0.2) is 0 Å². The molecule has 4 rings (SSSR count). The number of benzene rings is 3. The molecule has 0 radical (unpaired) electrons. The molecule has 3 aromatic rings. The number of hydrogen-bond acceptors (Lipinski definition) is 5. The van der Waals surface area contributed by atoms with Crippen molar-refractivity contribution in [2.24, 2.45) is 4.99 Å². The summed E-state index contributed by atoms with van der Waals surface area (Å²) in [5.74, 6) is -0.570. The second-order valence-electron chi connectivity index (χ2n) is 6.72. The van der Waals surface area contributed by atoms with E-state index in [2.05, 4.69) is 10.3 Å². The molecule has 0 atom stereocenters. The van der Waals surface area contributed by atoms with E-state index in [1.165, 1.54) is 0 Å². The third kappa shape index (κ3) is 4.37. The van der Waals surface area contributed by atoms with Crippen molar-refractivity contribution in [3.63, 3.8) is 0 Å². The molecule has 0 saturated carbocycles. The van der Waals surface area contributed by atoms with Crippen LogP contribution in [0.4, 0.5) is 11.4 Å². The first kappa shape index (κ1) is 20.1. The number of nitrogens with zero attached hydrogens (tertiary/aromatic N) is 1. The zero-order valence-electron chi connectivity index (χ0n) is 16.1. The van der Waals surface area contributed by atoms with Crippen LogP contribution in [0.2, 0.25) is 5.02 Å². The average molecular weight is 433 g/mol. The van der Waals surface area contributed by atoms with Crippen molar-refractivity contribution in [2.45, 2.75) is 6.92 Å². The van der Waals surface area contributed by atoms with Crippen molar-refractivity contribution in [1.29, 1.82) is 0 Å². The fraction of sp³-hybridized carbons (Fsp3) is 0.0417. The number of aryl methyl sites for hydroxylation is 1. The van der Waals surface area contributed by atoms with Crippen molar-refractivity contribution < 1.29 is 9.59 Å². The molecule has 1 fully saturated rings. The molecule has 1 heterocycles. The number of hydrogen-bond donors (Lipinski definition) is 1. The van der Waals surface area contributed by atoms with Crippen LogP contribution in [0.5, 0.6) is 0 Å². The van der Waals surface area contributed by atoms with E-state index in [0.29, 0.717) is 21.5 Å². The van der Waals surface area contributed by atoms with Crippen LogP contribution in [0.15, 0.2) is 89.4 Å². The molecule has 3 aromatic carbocycles. The Morgan fingerprint density at radius 2 is 1.57 bits per heavy atom. The maximum Gasteiger partial charge on any atom is 0.266 e. The third-order valence-corrected chi connectivity index (χ3v) is 5.62. The lowest BCUT2D eigenvalue weighted by atomic mass is 10.0. The largest absolute Gasteiger partial charge is 0.354 e. The predicted molar refractivity (Wildman–Crippen MR) is 124 cm³/mol. The van der Waals surface area contributed by atoms with E-state index in [4.69, 9.17) is 11.6 Å². The number of carbonyl (C=O) groups is 2. The summed E-state index contributed by atoms with van der Waals surface area (Å²) < 4.78 is 0. The summed E-state index contributed by atoms with van der Waals surface area (Å²) in [5.41, 5.74) is 4.11. The Labute approximate surface area is 183 Å². The number of carbonyl (C=O) groups excluding carboxylic acids is 2. The second kappa shape index (κ2) is 8.69. The predicted octanol–water partition coefficient (Wildman–Crippen LogP) is 6.04. The van der Waals surface area contributed by atoms with Gasteiger partial charge in [0.1, 0.15) is 5.04 Å². The van der Waals surface area contributed by atoms with Gasteiger partial charge in [-0.15, -0.1) is 0 Å². The Morgan fingerprint density at radius 1 is 0.900 bits per heavy atom. The molecule has 6 heteroatoms. The molecule has 0 aliphatic carbocycles. The van der Waals surface area contributed by atoms with E-state index in [1.54, 1.807) is 12.1 Å². The monoisotopic (exact) mass is 432 g/mol. The van der Waals surface area contributed by atoms with Gasteiger partial charge in [0.05, 0.1) is 17.0 Å². The van der Waals surface area contributed by atoms with Gasteiger partial charge in [0, 0.05) is 10.7 Å². The SMILES string of the molecule is Cc1ccc(N/C(=C2/C(=O)C(=O)SC2=Nc2ccccc2)c2ccc(Cl)cc2)cc1. The molecule has 0 spiro atoms. The van der Waals surface area contributed by atoms with Gasteiger partial charge in [-0.1, -0.05) is 59.6 Å². The zero-order chi connectivity index (χ0) is 21.1. The topological polar surface area (TPSA) is 58.5 Å². The number of aliphatic imine (C=N–C) groups is 1. The van der Waals surface area contributed by atoms with Crippen molar-refractivity contribution in [2.75, 3.05) is 5.32 Å². The van der Waals surface area contributed by atoms with E-state index < -0.39 is 10.9 Å². The van der Waals surface area contributed by atoms with Gasteiger partial charge in [0.25, 0.3) is 5.12 Å². The summed E-state index contributed by atoms with van der Waals surface area (Å²) in [6.45, 7) is 2.00. The van der Waals surface area contributed by atoms with Gasteiger partial charge < -0.3 is 5.32 Å². The molecule has 0 unspecified atom stereocenters. The highest BCUT2D eigenvalue weighted by molar-refractivity contribution is 8.29. The van der Waals surface area contributed by atoms with Crippen molar-refractivity contribution in [1.82, 2.24) is 0 Å². The van der Waals surface area contributed by atoms with E-state index in [-0.39, 0.29) is 5.57 Å². The minimum atomic E-state index is -0.570. The van der Waals surface area contributed by atoms with Crippen LogP contribution in [0.3, 0.4) is 0 Å². The van der Waals surface area contributed by atoms with Crippen LogP contribution in [-0.4, -0.2) is 15.9 Å². The van der Waals surface area contributed by atoms with Crippen molar-refractivity contribution in [3.8, 4) is 0 Å². The summed E-state index contributed by atoms with van der Waals surface area (Å²) >= 11 is 6.91. The maximum absolute atomic E-state index is 12.9. The van der Waals surface area contributed by atoms with Gasteiger partial charge in [-0.3, -0.25) is 9.59 Å². The van der Waals surface area contributed by atoms with Crippen LogP contribution >= 0.6 is 23.4 Å². The van der Waals surface area contributed by atoms with E-state index in [1.807, 2.05) is 73.7 Å². The number of nitrogens with one attached hydrogen (secondary N) is 1. The molecule has 0 amide bonds. The Bertz CT molecular complexity index is 1170. The first-order valence-electron chi connectivity index (χ1n) is 9.26. The van der Waals surface area contributed by atoms with E-state index >= 15 is 0 Å². The van der Waals surface area contributed by atoms with E-state index in [0.717, 1.165) is 28.6 Å². The maximum atomic E-state index is 12.9. The molecule has 1 saturated heterocycles. The number of thioether (sulfide) groups is 1. The smallest absolute Gasteiger partial charge is 0.266 e. The fourth-order valence-electron chi connectivity index (χ4n) is 2.98. The molecular weight excluding hydrogens is 416 g/mol. The lowest BCUT2D eigenvalue weighted by Gasteiger charge is -2.15. The zero-order valence-corrected chi connectivity index (χ0v) is 17.6. The minimum Gasteiger partial charge on any atom is -0.354 e. The molecule has 0 aromatic heterocycles. The number of ketones is 1. The summed E-state index contributed by atoms with van der Waals surface area (Å²) in [6, 6.07) is 24.2. The minimum absolute atomic E-state index is 0.261. The lowest BCUT2D eigenvalue weighted by Crippen LogP contribution is -2.13. The summed E-state index contributed by atoms with van der Waals surface area (Å²) in [5, 5.41) is 3.73. The van der Waals surface area contributed by atoms with Crippen molar-refractivity contribution >= 4 is 56.4 Å². The Kier molecular flexibility index (Phi) is 5.84. The quantitative estimate of drug-likeness (QED) is 0.403. The van der Waals surface area contributed by atoms with Gasteiger partial charge in [-0.25, -0.2) is 4.99 Å². The van der Waals surface area contributed by atoms with Crippen LogP contribution in [0.25, 0.3) is 5.70 Å². The van der Waals surface area contributed by atoms with Crippen LogP contribution in [-0.2, 0) is 9.59 Å². The standard InChI is InChI=1S/C24H17ClN2O2S/c1-15-7-13-19(14-8-15)26-21(16-9-11-17(25)12-10-16)20-22(28)24(29)30-23(20)27-18-5-3-2-4-6-18/h2-14,26H,1H3/b21-20-,27-23?. The Hall–Kier alpha value is -3.15. The van der Waals surface area contributed by atoms with Gasteiger partial charge in [-0.05, 0) is 60.6 Å². The molecule has 1 aliphatic rings. The molecule has 0 bridgehead atoms. The fourth-order valence-corrected chi connectivity index (χ4v) is 3.92. The second-order valence-corrected chi connectivity index (χ2v) is 8.12. The first-order chi connectivity index (χ1) is 14.5. The number of rotatable bonds is 4. The highest BCUT2D eigenvalue weighted by Crippen LogP contribution is 2.34.